The number of hydrogen-bond donors (Lipinski definition) is 0. The zero-order valence-electron chi connectivity index (χ0n) is 30.1. The molecule has 11 rings (SSSR count). The lowest BCUT2D eigenvalue weighted by molar-refractivity contribution is 0.436. The molecule has 2 heteroatoms. The van der Waals surface area contributed by atoms with Gasteiger partial charge in [0.1, 0.15) is 11.5 Å². The molecule has 0 atom stereocenters. The highest BCUT2D eigenvalue weighted by molar-refractivity contribution is 6.00. The highest BCUT2D eigenvalue weighted by Crippen LogP contribution is 2.64. The lowest BCUT2D eigenvalue weighted by Gasteiger charge is -2.39. The molecular weight excluding hydrogens is 667 g/mol. The molecule has 0 bridgehead atoms. The Labute approximate surface area is 321 Å². The summed E-state index contributed by atoms with van der Waals surface area (Å²) in [5.74, 6) is 1.80. The molecule has 1 aliphatic carbocycles. The molecule has 2 nitrogen and oxygen atoms in total. The number of benzene rings is 9. The number of hydrogen-bond acceptors (Lipinski definition) is 2. The van der Waals surface area contributed by atoms with E-state index in [0.29, 0.717) is 0 Å². The molecule has 1 heterocycles. The Bertz CT molecular complexity index is 2850. The minimum Gasteiger partial charge on any atom is -0.457 e. The SMILES string of the molecule is c1ccc(-c2ccc3c(-c4ccc(N(c5ccccc5)c5cccc6c5-c5ccccc5C65c6ccccc6Oc6ccccc65)cc4)cccc3c2)cc1. The fourth-order valence-electron chi connectivity index (χ4n) is 9.21. The van der Waals surface area contributed by atoms with Crippen molar-refractivity contribution in [2.45, 2.75) is 5.41 Å². The van der Waals surface area contributed by atoms with Crippen LogP contribution in [0.5, 0.6) is 11.5 Å². The molecule has 0 unspecified atom stereocenters. The van der Waals surface area contributed by atoms with Gasteiger partial charge >= 0.3 is 0 Å². The van der Waals surface area contributed by atoms with Crippen LogP contribution in [0.1, 0.15) is 22.3 Å². The van der Waals surface area contributed by atoms with Gasteiger partial charge in [-0.3, -0.25) is 0 Å². The summed E-state index contributed by atoms with van der Waals surface area (Å²) in [6.45, 7) is 0. The Morgan fingerprint density at radius 1 is 0.364 bits per heavy atom. The first kappa shape index (κ1) is 31.4. The molecule has 258 valence electrons. The molecule has 0 fully saturated rings. The van der Waals surface area contributed by atoms with Crippen LogP contribution < -0.4 is 9.64 Å². The topological polar surface area (TPSA) is 12.5 Å². The summed E-state index contributed by atoms with van der Waals surface area (Å²) in [5, 5.41) is 2.48. The molecule has 2 aliphatic rings. The van der Waals surface area contributed by atoms with Crippen molar-refractivity contribution in [2.24, 2.45) is 0 Å². The quantitative estimate of drug-likeness (QED) is 0.177. The van der Waals surface area contributed by atoms with Gasteiger partial charge in [-0.1, -0.05) is 164 Å². The van der Waals surface area contributed by atoms with E-state index in [4.69, 9.17) is 4.74 Å². The van der Waals surface area contributed by atoms with E-state index in [9.17, 15) is 0 Å². The van der Waals surface area contributed by atoms with Crippen molar-refractivity contribution in [1.29, 1.82) is 0 Å². The van der Waals surface area contributed by atoms with Crippen LogP contribution in [-0.2, 0) is 5.41 Å². The first-order valence-corrected chi connectivity index (χ1v) is 18.9. The normalized spacial score (nSPS) is 13.0. The van der Waals surface area contributed by atoms with Gasteiger partial charge in [0.15, 0.2) is 0 Å². The lowest BCUT2D eigenvalue weighted by Crippen LogP contribution is -2.32. The van der Waals surface area contributed by atoms with Crippen molar-refractivity contribution in [3.8, 4) is 44.9 Å². The maximum absolute atomic E-state index is 6.60. The highest BCUT2D eigenvalue weighted by atomic mass is 16.5. The molecule has 0 N–H and O–H groups in total. The summed E-state index contributed by atoms with van der Waals surface area (Å²) in [6.07, 6.45) is 0. The van der Waals surface area contributed by atoms with Crippen LogP contribution in [0, 0.1) is 0 Å². The zero-order chi connectivity index (χ0) is 36.3. The average molecular weight is 702 g/mol. The van der Waals surface area contributed by atoms with E-state index in [0.717, 1.165) is 28.6 Å². The molecule has 1 aliphatic heterocycles. The molecular formula is C53H35NO. The van der Waals surface area contributed by atoms with E-state index in [1.54, 1.807) is 0 Å². The Kier molecular flexibility index (Phi) is 7.11. The second-order valence-electron chi connectivity index (χ2n) is 14.4. The van der Waals surface area contributed by atoms with Crippen LogP contribution in [0.15, 0.2) is 212 Å². The third-order valence-corrected chi connectivity index (χ3v) is 11.5. The van der Waals surface area contributed by atoms with Crippen molar-refractivity contribution in [3.63, 3.8) is 0 Å². The number of fused-ring (bicyclic) bond motifs is 10. The van der Waals surface area contributed by atoms with E-state index >= 15 is 0 Å². The summed E-state index contributed by atoms with van der Waals surface area (Å²) in [4.78, 5) is 2.42. The van der Waals surface area contributed by atoms with Gasteiger partial charge in [0.2, 0.25) is 0 Å². The number of rotatable bonds is 5. The summed E-state index contributed by atoms with van der Waals surface area (Å²) >= 11 is 0. The zero-order valence-corrected chi connectivity index (χ0v) is 30.1. The minimum atomic E-state index is -0.533. The predicted octanol–water partition coefficient (Wildman–Crippen LogP) is 14.1. The van der Waals surface area contributed by atoms with Crippen LogP contribution in [0.3, 0.4) is 0 Å². The van der Waals surface area contributed by atoms with E-state index in [1.807, 2.05) is 0 Å². The molecule has 0 saturated carbocycles. The van der Waals surface area contributed by atoms with Gasteiger partial charge in [-0.15, -0.1) is 0 Å². The summed E-state index contributed by atoms with van der Waals surface area (Å²) in [7, 11) is 0. The molecule has 9 aromatic carbocycles. The molecule has 0 aromatic heterocycles. The third kappa shape index (κ3) is 4.75. The largest absolute Gasteiger partial charge is 0.457 e. The number of para-hydroxylation sites is 3. The Morgan fingerprint density at radius 3 is 1.67 bits per heavy atom. The van der Waals surface area contributed by atoms with Crippen molar-refractivity contribution in [2.75, 3.05) is 4.90 Å². The van der Waals surface area contributed by atoms with Crippen LogP contribution >= 0.6 is 0 Å². The van der Waals surface area contributed by atoms with Gasteiger partial charge in [0, 0.05) is 28.1 Å². The molecule has 9 aromatic rings. The Morgan fingerprint density at radius 2 is 0.927 bits per heavy atom. The Balaban J connectivity index is 1.09. The van der Waals surface area contributed by atoms with Crippen molar-refractivity contribution < 1.29 is 4.74 Å². The fraction of sp³-hybridized carbons (Fsp3) is 0.0189. The number of anilines is 3. The molecule has 0 radical (unpaired) electrons. The molecule has 1 spiro atoms. The molecule has 0 saturated heterocycles. The van der Waals surface area contributed by atoms with Gasteiger partial charge in [0.05, 0.1) is 11.1 Å². The monoisotopic (exact) mass is 701 g/mol. The average Bonchev–Trinajstić information content (AvgIpc) is 3.55. The maximum Gasteiger partial charge on any atom is 0.132 e. The van der Waals surface area contributed by atoms with E-state index < -0.39 is 5.41 Å². The van der Waals surface area contributed by atoms with Crippen molar-refractivity contribution in [1.82, 2.24) is 0 Å². The molecule has 0 amide bonds. The van der Waals surface area contributed by atoms with Gasteiger partial charge in [0.25, 0.3) is 0 Å². The fourth-order valence-corrected chi connectivity index (χ4v) is 9.21. The summed E-state index contributed by atoms with van der Waals surface area (Å²) in [6, 6.07) is 76.8. The van der Waals surface area contributed by atoms with Crippen molar-refractivity contribution in [3.05, 3.63) is 235 Å². The van der Waals surface area contributed by atoms with Gasteiger partial charge < -0.3 is 9.64 Å². The van der Waals surface area contributed by atoms with Crippen LogP contribution in [0.2, 0.25) is 0 Å². The minimum absolute atomic E-state index is 0.533. The standard InChI is InChI=1S/C53H35NO/c1-3-15-36(16-4-1)38-31-34-43-39(35-38)17-13-21-42(43)37-29-32-41(33-30-37)54(40-18-5-2-6-19-40)49-26-14-25-48-52(49)44-20-7-8-22-45(44)53(48)46-23-9-11-27-50(46)55-51-28-12-10-24-47(51)53/h1-35H. The second-order valence-corrected chi connectivity index (χ2v) is 14.4. The van der Waals surface area contributed by atoms with Gasteiger partial charge in [-0.2, -0.15) is 0 Å². The van der Waals surface area contributed by atoms with E-state index in [-0.39, 0.29) is 0 Å². The first-order valence-electron chi connectivity index (χ1n) is 18.9. The summed E-state index contributed by atoms with van der Waals surface area (Å²) in [5.41, 5.74) is 15.0. The lowest BCUT2D eigenvalue weighted by atomic mass is 9.66. The van der Waals surface area contributed by atoms with E-state index in [1.165, 1.54) is 66.4 Å². The number of ether oxygens (including phenoxy) is 1. The third-order valence-electron chi connectivity index (χ3n) is 11.5. The van der Waals surface area contributed by atoms with Crippen LogP contribution in [0.25, 0.3) is 44.2 Å². The van der Waals surface area contributed by atoms with Gasteiger partial charge in [-0.05, 0) is 98.2 Å². The summed E-state index contributed by atoms with van der Waals surface area (Å²) < 4.78 is 6.60. The Hall–Kier alpha value is -7.16. The highest BCUT2D eigenvalue weighted by Gasteiger charge is 2.51. The van der Waals surface area contributed by atoms with Crippen LogP contribution in [0.4, 0.5) is 17.1 Å². The van der Waals surface area contributed by atoms with Gasteiger partial charge in [-0.25, -0.2) is 0 Å². The predicted molar refractivity (Wildman–Crippen MR) is 227 cm³/mol. The maximum atomic E-state index is 6.60. The van der Waals surface area contributed by atoms with E-state index in [2.05, 4.69) is 217 Å². The smallest absolute Gasteiger partial charge is 0.132 e. The molecule has 55 heavy (non-hydrogen) atoms. The second kappa shape index (κ2) is 12.5. The van der Waals surface area contributed by atoms with Crippen molar-refractivity contribution >= 4 is 27.8 Å². The number of nitrogens with zero attached hydrogens (tertiary/aromatic N) is 1. The van der Waals surface area contributed by atoms with Crippen LogP contribution in [-0.4, -0.2) is 0 Å². The first-order chi connectivity index (χ1) is 27.3.